The van der Waals surface area contributed by atoms with Gasteiger partial charge in [-0.15, -0.1) is 11.3 Å². The molecule has 0 radical (unpaired) electrons. The summed E-state index contributed by atoms with van der Waals surface area (Å²) >= 11 is 8.64. The van der Waals surface area contributed by atoms with Gasteiger partial charge in [0.1, 0.15) is 5.82 Å². The third-order valence-corrected chi connectivity index (χ3v) is 5.17. The molecule has 102 valence electrons. The van der Waals surface area contributed by atoms with E-state index in [4.69, 9.17) is 0 Å². The SMILES string of the molecule is CCNC(Cc1cc(F)ccc1Br)c1csc(Br)c1. The van der Waals surface area contributed by atoms with Crippen molar-refractivity contribution in [1.29, 1.82) is 0 Å². The van der Waals surface area contributed by atoms with Crippen LogP contribution in [0.25, 0.3) is 0 Å². The molecule has 0 fully saturated rings. The van der Waals surface area contributed by atoms with Gasteiger partial charge < -0.3 is 5.32 Å². The van der Waals surface area contributed by atoms with Gasteiger partial charge in [0.05, 0.1) is 3.79 Å². The molecule has 1 heterocycles. The predicted octanol–water partition coefficient (Wildman–Crippen LogP) is 5.31. The first kappa shape index (κ1) is 15.2. The van der Waals surface area contributed by atoms with Crippen molar-refractivity contribution in [3.05, 3.63) is 54.8 Å². The second-order valence-electron chi connectivity index (χ2n) is 4.23. The Morgan fingerprint density at radius 2 is 2.11 bits per heavy atom. The van der Waals surface area contributed by atoms with Gasteiger partial charge in [-0.25, -0.2) is 4.39 Å². The Hall–Kier alpha value is -0.230. The Bertz CT molecular complexity index is 556. The van der Waals surface area contributed by atoms with Crippen LogP contribution in [0.4, 0.5) is 4.39 Å². The third-order valence-electron chi connectivity index (χ3n) is 2.87. The summed E-state index contributed by atoms with van der Waals surface area (Å²) in [4.78, 5) is 0. The van der Waals surface area contributed by atoms with Crippen LogP contribution >= 0.6 is 43.2 Å². The lowest BCUT2D eigenvalue weighted by molar-refractivity contribution is 0.547. The number of rotatable bonds is 5. The molecule has 1 aromatic carbocycles. The molecule has 0 saturated heterocycles. The molecule has 1 unspecified atom stereocenters. The monoisotopic (exact) mass is 405 g/mol. The highest BCUT2D eigenvalue weighted by molar-refractivity contribution is 9.11. The summed E-state index contributed by atoms with van der Waals surface area (Å²) in [6.45, 7) is 2.96. The molecule has 0 amide bonds. The summed E-state index contributed by atoms with van der Waals surface area (Å²) < 4.78 is 15.4. The first-order valence-corrected chi connectivity index (χ1v) is 8.48. The highest BCUT2D eigenvalue weighted by Gasteiger charge is 2.15. The zero-order valence-corrected chi connectivity index (χ0v) is 14.4. The fourth-order valence-corrected chi connectivity index (χ4v) is 3.62. The van der Waals surface area contributed by atoms with Crippen molar-refractivity contribution in [1.82, 2.24) is 5.32 Å². The fourth-order valence-electron chi connectivity index (χ4n) is 1.98. The van der Waals surface area contributed by atoms with Crippen LogP contribution in [-0.4, -0.2) is 6.54 Å². The van der Waals surface area contributed by atoms with Crippen LogP contribution in [0.15, 0.2) is 37.9 Å². The van der Waals surface area contributed by atoms with Gasteiger partial charge in [0, 0.05) is 10.5 Å². The van der Waals surface area contributed by atoms with E-state index in [0.29, 0.717) is 0 Å². The minimum atomic E-state index is -0.194. The van der Waals surface area contributed by atoms with Gasteiger partial charge in [0.15, 0.2) is 0 Å². The van der Waals surface area contributed by atoms with Crippen LogP contribution in [0.3, 0.4) is 0 Å². The van der Waals surface area contributed by atoms with Crippen LogP contribution in [0.5, 0.6) is 0 Å². The van der Waals surface area contributed by atoms with Gasteiger partial charge in [-0.3, -0.25) is 0 Å². The van der Waals surface area contributed by atoms with E-state index in [2.05, 4.69) is 55.5 Å². The maximum Gasteiger partial charge on any atom is 0.123 e. The first-order valence-electron chi connectivity index (χ1n) is 6.01. The molecule has 2 aromatic rings. The number of hydrogen-bond donors (Lipinski definition) is 1. The maximum atomic E-state index is 13.3. The molecular weight excluding hydrogens is 393 g/mol. The maximum absolute atomic E-state index is 13.3. The van der Waals surface area contributed by atoms with E-state index in [9.17, 15) is 4.39 Å². The summed E-state index contributed by atoms with van der Waals surface area (Å²) in [6, 6.07) is 7.14. The lowest BCUT2D eigenvalue weighted by Gasteiger charge is -2.17. The smallest absolute Gasteiger partial charge is 0.123 e. The summed E-state index contributed by atoms with van der Waals surface area (Å²) in [7, 11) is 0. The Kier molecular flexibility index (Phi) is 5.57. The molecule has 1 atom stereocenters. The molecule has 0 spiro atoms. The van der Waals surface area contributed by atoms with Crippen molar-refractivity contribution in [3.63, 3.8) is 0 Å². The highest BCUT2D eigenvalue weighted by atomic mass is 79.9. The normalized spacial score (nSPS) is 12.6. The van der Waals surface area contributed by atoms with Crippen LogP contribution < -0.4 is 5.32 Å². The van der Waals surface area contributed by atoms with Crippen molar-refractivity contribution < 1.29 is 4.39 Å². The van der Waals surface area contributed by atoms with Crippen LogP contribution in [0, 0.1) is 5.82 Å². The second kappa shape index (κ2) is 6.97. The largest absolute Gasteiger partial charge is 0.310 e. The molecule has 0 aliphatic rings. The molecule has 0 aliphatic carbocycles. The van der Waals surface area contributed by atoms with Crippen molar-refractivity contribution in [3.8, 4) is 0 Å². The number of benzene rings is 1. The van der Waals surface area contributed by atoms with E-state index < -0.39 is 0 Å². The van der Waals surface area contributed by atoms with Crippen LogP contribution in [-0.2, 0) is 6.42 Å². The fraction of sp³-hybridized carbons (Fsp3) is 0.286. The first-order chi connectivity index (χ1) is 9.10. The highest BCUT2D eigenvalue weighted by Crippen LogP contribution is 2.29. The second-order valence-corrected chi connectivity index (χ2v) is 7.38. The summed E-state index contributed by atoms with van der Waals surface area (Å²) in [6.07, 6.45) is 0.759. The number of thiophene rings is 1. The Labute approximate surface area is 133 Å². The van der Waals surface area contributed by atoms with Gasteiger partial charge in [-0.1, -0.05) is 22.9 Å². The van der Waals surface area contributed by atoms with Gasteiger partial charge in [-0.2, -0.15) is 0 Å². The minimum absolute atomic E-state index is 0.194. The Morgan fingerprint density at radius 3 is 2.74 bits per heavy atom. The van der Waals surface area contributed by atoms with E-state index >= 15 is 0 Å². The molecule has 2 rings (SSSR count). The van der Waals surface area contributed by atoms with E-state index in [-0.39, 0.29) is 11.9 Å². The molecular formula is C14H14Br2FNS. The third kappa shape index (κ3) is 4.12. The summed E-state index contributed by atoms with van der Waals surface area (Å²) in [5.41, 5.74) is 2.21. The predicted molar refractivity (Wildman–Crippen MR) is 86.2 cm³/mol. The van der Waals surface area contributed by atoms with Gasteiger partial charge in [0.25, 0.3) is 0 Å². The van der Waals surface area contributed by atoms with Gasteiger partial charge in [0.2, 0.25) is 0 Å². The van der Waals surface area contributed by atoms with E-state index in [0.717, 1.165) is 26.8 Å². The van der Waals surface area contributed by atoms with Gasteiger partial charge in [-0.05, 0) is 69.7 Å². The zero-order chi connectivity index (χ0) is 13.8. The average Bonchev–Trinajstić information content (AvgIpc) is 2.80. The van der Waals surface area contributed by atoms with Crippen molar-refractivity contribution in [2.75, 3.05) is 6.54 Å². The van der Waals surface area contributed by atoms with Crippen molar-refractivity contribution in [2.45, 2.75) is 19.4 Å². The van der Waals surface area contributed by atoms with Crippen molar-refractivity contribution in [2.24, 2.45) is 0 Å². The lowest BCUT2D eigenvalue weighted by Crippen LogP contribution is -2.22. The molecule has 1 N–H and O–H groups in total. The number of hydrogen-bond acceptors (Lipinski definition) is 2. The van der Waals surface area contributed by atoms with Crippen LogP contribution in [0.1, 0.15) is 24.1 Å². The van der Waals surface area contributed by atoms with Crippen LogP contribution in [0.2, 0.25) is 0 Å². The topological polar surface area (TPSA) is 12.0 Å². The molecule has 0 saturated carbocycles. The quantitative estimate of drug-likeness (QED) is 0.709. The number of nitrogens with one attached hydrogen (secondary N) is 1. The van der Waals surface area contributed by atoms with E-state index in [1.54, 1.807) is 23.5 Å². The summed E-state index contributed by atoms with van der Waals surface area (Å²) in [5, 5.41) is 5.58. The molecule has 0 aliphatic heterocycles. The standard InChI is InChI=1S/C14H14Br2FNS/c1-2-18-13(10-7-14(16)19-8-10)6-9-5-11(17)3-4-12(9)15/h3-5,7-8,13,18H,2,6H2,1H3. The van der Waals surface area contributed by atoms with E-state index in [1.807, 2.05) is 0 Å². The summed E-state index contributed by atoms with van der Waals surface area (Å²) in [5.74, 6) is -0.194. The molecule has 1 nitrogen and oxygen atoms in total. The molecule has 1 aromatic heterocycles. The number of likely N-dealkylation sites (N-methyl/N-ethyl adjacent to an activating group) is 1. The zero-order valence-electron chi connectivity index (χ0n) is 10.4. The van der Waals surface area contributed by atoms with E-state index in [1.165, 1.54) is 11.6 Å². The van der Waals surface area contributed by atoms with Crippen molar-refractivity contribution >= 4 is 43.2 Å². The Morgan fingerprint density at radius 1 is 1.32 bits per heavy atom. The van der Waals surface area contributed by atoms with Gasteiger partial charge >= 0.3 is 0 Å². The minimum Gasteiger partial charge on any atom is -0.310 e. The number of halogens is 3. The average molecular weight is 407 g/mol. The lowest BCUT2D eigenvalue weighted by atomic mass is 10.0. The molecule has 0 bridgehead atoms. The molecule has 19 heavy (non-hydrogen) atoms. The Balaban J connectivity index is 2.23. The molecule has 5 heteroatoms.